The quantitative estimate of drug-likeness (QED) is 0.0220. The van der Waals surface area contributed by atoms with Gasteiger partial charge in [-0.05, 0) is 79.1 Å². The molecule has 0 aliphatic heterocycles. The second-order valence-electron chi connectivity index (χ2n) is 20.7. The summed E-state index contributed by atoms with van der Waals surface area (Å²) in [6.07, 6.45) is 2.41. The van der Waals surface area contributed by atoms with Crippen molar-refractivity contribution in [3.63, 3.8) is 0 Å². The van der Waals surface area contributed by atoms with Crippen molar-refractivity contribution in [3.8, 4) is 0 Å². The number of hydrogen-bond donors (Lipinski definition) is 14. The van der Waals surface area contributed by atoms with E-state index in [0.29, 0.717) is 35.1 Å². The molecule has 22 heteroatoms. The maximum absolute atomic E-state index is 15.2. The maximum Gasteiger partial charge on any atom is 0.326 e. The number of hydrogen-bond acceptors (Lipinski definition) is 12. The summed E-state index contributed by atoms with van der Waals surface area (Å²) in [7, 11) is 0. The number of nitrogens with one attached hydrogen (secondary N) is 9. The Labute approximate surface area is 491 Å². The highest BCUT2D eigenvalue weighted by atomic mass is 32.1. The largest absolute Gasteiger partial charge is 0.480 e. The van der Waals surface area contributed by atoms with E-state index in [1.807, 2.05) is 78.9 Å². The summed E-state index contributed by atoms with van der Waals surface area (Å²) in [6, 6.07) is 30.3. The fourth-order valence-corrected chi connectivity index (χ4v) is 10.0. The molecule has 84 heavy (non-hydrogen) atoms. The van der Waals surface area contributed by atoms with E-state index in [-0.39, 0.29) is 50.8 Å². The first-order chi connectivity index (χ1) is 40.5. The monoisotopic (exact) mass is 1160 g/mol. The number of carbonyl (C=O) groups excluding carboxylic acids is 7. The third-order valence-electron chi connectivity index (χ3n) is 14.4. The summed E-state index contributed by atoms with van der Waals surface area (Å²) < 4.78 is 0. The van der Waals surface area contributed by atoms with Crippen LogP contribution in [0.25, 0.3) is 21.8 Å². The van der Waals surface area contributed by atoms with Gasteiger partial charge in [-0.25, -0.2) is 4.79 Å². The standard InChI is InChI=1S/C62H73N11O10S/c1-37(74)54(61(81)71-52(62(82)83)31-40-21-9-4-10-22-40)73-56(76)48(27-15-16-28-63)67-58(78)50(32-41-34-65-46-25-13-11-23-43(41)46)70-59(79)51(33-42-35-66-47-26-14-12-24-44(42)47)69-57(77)49(30-39-19-7-3-8-20-39)68-60(80)53(36-84)72-55(75)45(64)29-38-17-5-2-6-18-38/h2-14,17-26,34-35,37,45,48-54,65-66,74,84H,15-16,27-33,36,63-64H2,1H3,(H,67,78)(H,68,80)(H,69,77)(H,70,79)(H,71,81)(H,72,75)(H,73,76)(H,82,83)/t37-,45-,48+,49+,50-,51+,52+,53-,54+/m1/s1. The molecule has 0 radical (unpaired) electrons. The van der Waals surface area contributed by atoms with Crippen LogP contribution in [0.2, 0.25) is 0 Å². The van der Waals surface area contributed by atoms with Gasteiger partial charge in [-0.2, -0.15) is 12.6 Å². The second kappa shape index (κ2) is 31.0. The normalized spacial score (nSPS) is 14.5. The lowest BCUT2D eigenvalue weighted by molar-refractivity contribution is -0.143. The maximum atomic E-state index is 15.2. The van der Waals surface area contributed by atoms with Crippen LogP contribution in [0.15, 0.2) is 152 Å². The van der Waals surface area contributed by atoms with Gasteiger partial charge in [0.15, 0.2) is 0 Å². The molecule has 7 aromatic rings. The van der Waals surface area contributed by atoms with Gasteiger partial charge in [0.2, 0.25) is 41.4 Å². The number of aliphatic hydroxyl groups is 1. The van der Waals surface area contributed by atoms with E-state index in [9.17, 15) is 43.8 Å². The number of carbonyl (C=O) groups is 8. The average molecular weight is 1160 g/mol. The van der Waals surface area contributed by atoms with Crippen LogP contribution in [0.5, 0.6) is 0 Å². The number of thiol groups is 1. The van der Waals surface area contributed by atoms with Gasteiger partial charge in [0, 0.05) is 65.6 Å². The number of H-pyrrole nitrogens is 2. The summed E-state index contributed by atoms with van der Waals surface area (Å²) >= 11 is 4.37. The lowest BCUT2D eigenvalue weighted by atomic mass is 10.00. The van der Waals surface area contributed by atoms with Crippen molar-refractivity contribution in [3.05, 3.63) is 180 Å². The second-order valence-corrected chi connectivity index (χ2v) is 21.1. The molecule has 7 amide bonds. The van der Waals surface area contributed by atoms with Crippen LogP contribution in [0, 0.1) is 0 Å². The van der Waals surface area contributed by atoms with Gasteiger partial charge >= 0.3 is 5.97 Å². The number of unbranched alkanes of at least 4 members (excludes halogenated alkanes) is 1. The van der Waals surface area contributed by atoms with Crippen molar-refractivity contribution in [1.82, 2.24) is 47.2 Å². The third-order valence-corrected chi connectivity index (χ3v) is 14.7. The number of amides is 7. The Hall–Kier alpha value is -8.83. The Balaban J connectivity index is 1.17. The van der Waals surface area contributed by atoms with Crippen LogP contribution in [0.4, 0.5) is 0 Å². The lowest BCUT2D eigenvalue weighted by Gasteiger charge is -2.28. The van der Waals surface area contributed by atoms with Gasteiger partial charge < -0.3 is 68.9 Å². The number of fused-ring (bicyclic) bond motifs is 2. The minimum atomic E-state index is -1.67. The number of para-hydroxylation sites is 2. The molecular formula is C62H73N11O10S. The van der Waals surface area contributed by atoms with Crippen LogP contribution >= 0.6 is 12.6 Å². The molecule has 0 spiro atoms. The Morgan fingerprint density at radius 1 is 0.464 bits per heavy atom. The molecule has 5 aromatic carbocycles. The molecule has 0 bridgehead atoms. The van der Waals surface area contributed by atoms with E-state index in [1.54, 1.807) is 73.1 Å². The number of aromatic nitrogens is 2. The molecule has 15 N–H and O–H groups in total. The zero-order valence-corrected chi connectivity index (χ0v) is 47.4. The van der Waals surface area contributed by atoms with Gasteiger partial charge in [-0.3, -0.25) is 33.6 Å². The van der Waals surface area contributed by atoms with Gasteiger partial charge in [0.05, 0.1) is 12.1 Å². The van der Waals surface area contributed by atoms with Gasteiger partial charge in [0.1, 0.15) is 42.3 Å². The minimum Gasteiger partial charge on any atom is -0.480 e. The zero-order chi connectivity index (χ0) is 60.1. The number of aliphatic carboxylic acids is 1. The highest BCUT2D eigenvalue weighted by Crippen LogP contribution is 2.22. The molecule has 2 heterocycles. The summed E-state index contributed by atoms with van der Waals surface area (Å²) in [6.45, 7) is 1.49. The first-order valence-electron chi connectivity index (χ1n) is 27.8. The third kappa shape index (κ3) is 17.8. The first kappa shape index (κ1) is 62.8. The number of aliphatic hydroxyl groups excluding tert-OH is 1. The van der Waals surface area contributed by atoms with Gasteiger partial charge in [-0.1, -0.05) is 127 Å². The van der Waals surface area contributed by atoms with E-state index in [1.165, 1.54) is 6.92 Å². The molecule has 0 fully saturated rings. The molecule has 21 nitrogen and oxygen atoms in total. The van der Waals surface area contributed by atoms with E-state index < -0.39 is 102 Å². The predicted octanol–water partition coefficient (Wildman–Crippen LogP) is 2.41. The molecule has 0 unspecified atom stereocenters. The fourth-order valence-electron chi connectivity index (χ4n) is 9.77. The van der Waals surface area contributed by atoms with Gasteiger partial charge in [-0.15, -0.1) is 0 Å². The highest BCUT2D eigenvalue weighted by Gasteiger charge is 2.36. The molecule has 0 saturated heterocycles. The van der Waals surface area contributed by atoms with Crippen molar-refractivity contribution in [2.45, 2.75) is 113 Å². The number of nitrogens with two attached hydrogens (primary N) is 2. The van der Waals surface area contributed by atoms with Crippen molar-refractivity contribution in [1.29, 1.82) is 0 Å². The van der Waals surface area contributed by atoms with E-state index in [0.717, 1.165) is 27.4 Å². The lowest BCUT2D eigenvalue weighted by Crippen LogP contribution is -2.61. The molecule has 2 aromatic heterocycles. The van der Waals surface area contributed by atoms with Crippen molar-refractivity contribution >= 4 is 81.8 Å². The molecule has 0 saturated carbocycles. The van der Waals surface area contributed by atoms with Crippen LogP contribution in [0.1, 0.15) is 54.0 Å². The van der Waals surface area contributed by atoms with Crippen molar-refractivity contribution in [2.75, 3.05) is 12.3 Å². The number of aromatic amines is 2. The SMILES string of the molecule is C[C@@H](O)[C@H](NC(=O)[C@H](CCCCN)NC(=O)[C@@H](Cc1c[nH]c2ccccc12)NC(=O)[C@H](Cc1c[nH]c2ccccc12)NC(=O)[C@H](Cc1ccccc1)NC(=O)[C@@H](CS)NC(=O)[C@H](N)Cc1ccccc1)C(=O)N[C@@H](Cc1ccccc1)C(=O)O. The molecule has 0 aliphatic rings. The number of carboxylic acid groups (broad SMARTS) is 1. The number of rotatable bonds is 31. The smallest absolute Gasteiger partial charge is 0.326 e. The summed E-state index contributed by atoms with van der Waals surface area (Å²) in [5.74, 6) is -7.16. The Kier molecular flexibility index (Phi) is 23.2. The van der Waals surface area contributed by atoms with Gasteiger partial charge in [0.25, 0.3) is 0 Å². The summed E-state index contributed by atoms with van der Waals surface area (Å²) in [4.78, 5) is 119. The van der Waals surface area contributed by atoms with Crippen molar-refractivity contribution < 1.29 is 48.6 Å². The van der Waals surface area contributed by atoms with Crippen molar-refractivity contribution in [2.24, 2.45) is 11.5 Å². The molecule has 7 rings (SSSR count). The first-order valence-corrected chi connectivity index (χ1v) is 28.5. The predicted molar refractivity (Wildman–Crippen MR) is 322 cm³/mol. The van der Waals surface area contributed by atoms with Crippen LogP contribution in [-0.4, -0.2) is 134 Å². The Bertz CT molecular complexity index is 3340. The zero-order valence-electron chi connectivity index (χ0n) is 46.5. The molecule has 442 valence electrons. The number of benzene rings is 5. The van der Waals surface area contributed by atoms with E-state index >= 15 is 4.79 Å². The minimum absolute atomic E-state index is 0.00551. The topological polar surface area (TPSA) is 345 Å². The molecule has 0 aliphatic carbocycles. The van der Waals surface area contributed by atoms with Crippen LogP contribution in [0.3, 0.4) is 0 Å². The van der Waals surface area contributed by atoms with Crippen LogP contribution < -0.4 is 48.7 Å². The average Bonchev–Trinajstić information content (AvgIpc) is 4.14. The molecular weight excluding hydrogens is 1090 g/mol. The van der Waals surface area contributed by atoms with E-state index in [2.05, 4.69) is 59.8 Å². The fraction of sp³-hybridized carbons (Fsp3) is 0.323. The highest BCUT2D eigenvalue weighted by molar-refractivity contribution is 7.80. The molecule has 9 atom stereocenters. The van der Waals surface area contributed by atoms with Crippen LogP contribution in [-0.2, 0) is 70.5 Å². The van der Waals surface area contributed by atoms with E-state index in [4.69, 9.17) is 11.5 Å². The summed E-state index contributed by atoms with van der Waals surface area (Å²) in [5, 5.41) is 41.3. The Morgan fingerprint density at radius 3 is 1.30 bits per heavy atom. The number of carboxylic acids is 1. The summed E-state index contributed by atoms with van der Waals surface area (Å²) in [5.41, 5.74) is 16.9. The Morgan fingerprint density at radius 2 is 0.845 bits per heavy atom.